The van der Waals surface area contributed by atoms with Crippen LogP contribution < -0.4 is 5.56 Å². The maximum atomic E-state index is 12.7. The number of carbonyl (C=O) groups is 1. The molecule has 1 aliphatic heterocycles. The quantitative estimate of drug-likeness (QED) is 0.657. The fourth-order valence-corrected chi connectivity index (χ4v) is 6.74. The van der Waals surface area contributed by atoms with Crippen LogP contribution >= 0.6 is 23.1 Å². The van der Waals surface area contributed by atoms with Crippen molar-refractivity contribution in [2.24, 2.45) is 0 Å². The van der Waals surface area contributed by atoms with E-state index in [2.05, 4.69) is 16.8 Å². The Kier molecular flexibility index (Phi) is 7.16. The van der Waals surface area contributed by atoms with Gasteiger partial charge in [-0.15, -0.1) is 23.1 Å². The number of nitrogens with one attached hydrogen (secondary N) is 1. The summed E-state index contributed by atoms with van der Waals surface area (Å²) in [6, 6.07) is 0. The van der Waals surface area contributed by atoms with E-state index in [1.807, 2.05) is 11.8 Å². The maximum absolute atomic E-state index is 12.7. The number of rotatable bonds is 7. The zero-order valence-corrected chi connectivity index (χ0v) is 19.7. The van der Waals surface area contributed by atoms with Crippen molar-refractivity contribution in [3.8, 4) is 0 Å². The van der Waals surface area contributed by atoms with Crippen LogP contribution in [-0.2, 0) is 24.2 Å². The molecule has 0 spiro atoms. The van der Waals surface area contributed by atoms with Crippen molar-refractivity contribution >= 4 is 39.2 Å². The molecule has 1 fully saturated rings. The molecule has 3 heterocycles. The van der Waals surface area contributed by atoms with E-state index in [1.54, 1.807) is 23.1 Å². The molecule has 0 aromatic carbocycles. The van der Waals surface area contributed by atoms with Crippen molar-refractivity contribution in [1.29, 1.82) is 0 Å². The Morgan fingerprint density at radius 3 is 2.77 bits per heavy atom. The molecule has 1 atom stereocenters. The molecule has 0 bridgehead atoms. The second-order valence-electron chi connectivity index (χ2n) is 8.37. The molecule has 2 aliphatic rings. The van der Waals surface area contributed by atoms with E-state index in [0.29, 0.717) is 6.54 Å². The first-order chi connectivity index (χ1) is 14.6. The summed E-state index contributed by atoms with van der Waals surface area (Å²) < 4.78 is 0. The minimum absolute atomic E-state index is 0.0149. The van der Waals surface area contributed by atoms with Crippen molar-refractivity contribution in [1.82, 2.24) is 19.8 Å². The molecule has 164 valence electrons. The third-order valence-corrected chi connectivity index (χ3v) is 8.56. The van der Waals surface area contributed by atoms with Crippen LogP contribution in [0.3, 0.4) is 0 Å². The monoisotopic (exact) mass is 448 g/mol. The van der Waals surface area contributed by atoms with Crippen LogP contribution in [0.5, 0.6) is 0 Å². The summed E-state index contributed by atoms with van der Waals surface area (Å²) in [5.41, 5.74) is 1.25. The van der Waals surface area contributed by atoms with Gasteiger partial charge in [0.15, 0.2) is 0 Å². The highest BCUT2D eigenvalue weighted by molar-refractivity contribution is 8.00. The van der Waals surface area contributed by atoms with Crippen LogP contribution in [0.4, 0.5) is 0 Å². The zero-order valence-electron chi connectivity index (χ0n) is 18.0. The Bertz CT molecular complexity index is 946. The Hall–Kier alpha value is -1.38. The number of H-pyrrole nitrogens is 1. The molecule has 8 heteroatoms. The van der Waals surface area contributed by atoms with E-state index in [1.165, 1.54) is 36.1 Å². The fraction of sp³-hybridized carbons (Fsp3) is 0.682. The first-order valence-electron chi connectivity index (χ1n) is 11.2. The molecule has 0 saturated carbocycles. The highest BCUT2D eigenvalue weighted by atomic mass is 32.2. The number of hydrogen-bond donors (Lipinski definition) is 1. The van der Waals surface area contributed by atoms with Gasteiger partial charge in [0.2, 0.25) is 5.91 Å². The summed E-state index contributed by atoms with van der Waals surface area (Å²) in [5.74, 6) is 2.05. The van der Waals surface area contributed by atoms with Gasteiger partial charge in [0.1, 0.15) is 10.7 Å². The summed E-state index contributed by atoms with van der Waals surface area (Å²) in [6.07, 6.45) is 6.80. The molecule has 1 N–H and O–H groups in total. The number of fused-ring (bicyclic) bond motifs is 3. The number of nitrogens with zero attached hydrogens (tertiary/aromatic N) is 3. The molecule has 1 amide bonds. The van der Waals surface area contributed by atoms with E-state index < -0.39 is 0 Å². The molecule has 4 rings (SSSR count). The fourth-order valence-electron chi connectivity index (χ4n) is 4.35. The molecule has 0 radical (unpaired) electrons. The number of thioether (sulfide) groups is 1. The molecular formula is C22H32N4O2S2. The first kappa shape index (κ1) is 21.8. The minimum atomic E-state index is 0.0149. The van der Waals surface area contributed by atoms with Crippen molar-refractivity contribution < 1.29 is 4.79 Å². The lowest BCUT2D eigenvalue weighted by molar-refractivity contribution is -0.132. The van der Waals surface area contributed by atoms with Gasteiger partial charge in [-0.2, -0.15) is 0 Å². The lowest BCUT2D eigenvalue weighted by Gasteiger charge is -2.35. The Morgan fingerprint density at radius 2 is 2.00 bits per heavy atom. The van der Waals surface area contributed by atoms with Gasteiger partial charge in [0, 0.05) is 31.1 Å². The van der Waals surface area contributed by atoms with E-state index in [-0.39, 0.29) is 16.7 Å². The van der Waals surface area contributed by atoms with Crippen LogP contribution in [0.25, 0.3) is 10.2 Å². The van der Waals surface area contributed by atoms with Gasteiger partial charge in [-0.3, -0.25) is 14.5 Å². The number of aromatic nitrogens is 2. The molecule has 30 heavy (non-hydrogen) atoms. The molecule has 2 aromatic rings. The molecule has 1 unspecified atom stereocenters. The zero-order chi connectivity index (χ0) is 21.1. The number of hydrogen-bond acceptors (Lipinski definition) is 6. The molecule has 2 aromatic heterocycles. The van der Waals surface area contributed by atoms with Crippen LogP contribution in [-0.4, -0.2) is 62.9 Å². The van der Waals surface area contributed by atoms with Crippen molar-refractivity contribution in [2.75, 3.05) is 31.9 Å². The molecule has 6 nitrogen and oxygen atoms in total. The first-order valence-corrected chi connectivity index (χ1v) is 13.1. The normalized spacial score (nSPS) is 18.5. The molecule has 1 aliphatic carbocycles. The largest absolute Gasteiger partial charge is 0.339 e. The smallest absolute Gasteiger partial charge is 0.259 e. The van der Waals surface area contributed by atoms with Crippen LogP contribution in [0.15, 0.2) is 4.79 Å². The number of amides is 1. The van der Waals surface area contributed by atoms with Crippen molar-refractivity contribution in [3.05, 3.63) is 26.6 Å². The second kappa shape index (κ2) is 9.83. The number of aryl methyl sites for hydroxylation is 2. The lowest BCUT2D eigenvalue weighted by Crippen LogP contribution is -2.50. The average Bonchev–Trinajstić information content (AvgIpc) is 3.12. The molecular weight excluding hydrogens is 416 g/mol. The van der Waals surface area contributed by atoms with E-state index in [4.69, 9.17) is 4.98 Å². The van der Waals surface area contributed by atoms with E-state index in [9.17, 15) is 9.59 Å². The van der Waals surface area contributed by atoms with Crippen LogP contribution in [0.2, 0.25) is 0 Å². The highest BCUT2D eigenvalue weighted by Gasteiger charge is 2.26. The van der Waals surface area contributed by atoms with Crippen molar-refractivity contribution in [3.63, 3.8) is 0 Å². The number of unbranched alkanes of at least 4 members (excludes halogenated alkanes) is 1. The third kappa shape index (κ3) is 4.75. The van der Waals surface area contributed by atoms with Crippen LogP contribution in [0.1, 0.15) is 55.8 Å². The van der Waals surface area contributed by atoms with Gasteiger partial charge in [0.25, 0.3) is 5.56 Å². The van der Waals surface area contributed by atoms with Gasteiger partial charge >= 0.3 is 0 Å². The number of piperazine rings is 1. The summed E-state index contributed by atoms with van der Waals surface area (Å²) in [7, 11) is 0. The van der Waals surface area contributed by atoms with Gasteiger partial charge in [-0.05, 0) is 50.3 Å². The lowest BCUT2D eigenvalue weighted by atomic mass is 9.97. The number of carbonyl (C=O) groups excluding carboxylic acids is 1. The van der Waals surface area contributed by atoms with Crippen molar-refractivity contribution in [2.45, 2.75) is 64.2 Å². The molecule has 1 saturated heterocycles. The predicted molar refractivity (Wildman–Crippen MR) is 126 cm³/mol. The predicted octanol–water partition coefficient (Wildman–Crippen LogP) is 3.43. The van der Waals surface area contributed by atoms with Gasteiger partial charge in [-0.1, -0.05) is 13.3 Å². The summed E-state index contributed by atoms with van der Waals surface area (Å²) in [5, 5.41) is 0.858. The SMILES string of the molecule is CCCCSC(C)C(=O)N1CCN(Cc2nc3sc4c(c3c(=O)[nH]2)CCCC4)CC1. The standard InChI is InChI=1S/C22H32N4O2S2/c1-3-4-13-29-15(2)22(28)26-11-9-25(10-12-26)14-18-23-20(27)19-16-7-5-6-8-17(16)30-21(19)24-18/h15H,3-14H2,1-2H3,(H,23,24,27). The van der Waals surface area contributed by atoms with E-state index in [0.717, 1.165) is 60.8 Å². The maximum Gasteiger partial charge on any atom is 0.259 e. The highest BCUT2D eigenvalue weighted by Crippen LogP contribution is 2.33. The Balaban J connectivity index is 1.35. The average molecular weight is 449 g/mol. The topological polar surface area (TPSA) is 69.3 Å². The van der Waals surface area contributed by atoms with Gasteiger partial charge in [0.05, 0.1) is 17.2 Å². The summed E-state index contributed by atoms with van der Waals surface area (Å²) in [6.45, 7) is 7.98. The van der Waals surface area contributed by atoms with Crippen LogP contribution in [0, 0.1) is 0 Å². The number of aromatic amines is 1. The Morgan fingerprint density at radius 1 is 1.23 bits per heavy atom. The second-order valence-corrected chi connectivity index (χ2v) is 10.9. The summed E-state index contributed by atoms with van der Waals surface area (Å²) in [4.78, 5) is 39.8. The third-order valence-electron chi connectivity index (χ3n) is 6.14. The van der Waals surface area contributed by atoms with Gasteiger partial charge < -0.3 is 9.88 Å². The van der Waals surface area contributed by atoms with Gasteiger partial charge in [-0.25, -0.2) is 4.98 Å². The minimum Gasteiger partial charge on any atom is -0.339 e. The number of thiophene rings is 1. The summed E-state index contributed by atoms with van der Waals surface area (Å²) >= 11 is 3.47. The Labute approximate surface area is 186 Å². The van der Waals surface area contributed by atoms with E-state index >= 15 is 0 Å².